The van der Waals surface area contributed by atoms with Gasteiger partial charge in [0.15, 0.2) is 0 Å². The van der Waals surface area contributed by atoms with Gasteiger partial charge in [0, 0.05) is 42.8 Å². The first-order valence-electron chi connectivity index (χ1n) is 10.2. The fourth-order valence-corrected chi connectivity index (χ4v) is 5.97. The third-order valence-corrected chi connectivity index (χ3v) is 8.21. The topological polar surface area (TPSA) is 86.8 Å². The van der Waals surface area contributed by atoms with Gasteiger partial charge in [0.05, 0.1) is 4.90 Å². The fraction of sp³-hybridized carbons (Fsp3) is 0.364. The molecule has 0 aromatic heterocycles. The van der Waals surface area contributed by atoms with Crippen molar-refractivity contribution in [1.29, 1.82) is 0 Å². The summed E-state index contributed by atoms with van der Waals surface area (Å²) >= 11 is 6.15. The van der Waals surface area contributed by atoms with Crippen LogP contribution in [0.3, 0.4) is 0 Å². The monoisotopic (exact) mass is 461 g/mol. The van der Waals surface area contributed by atoms with Crippen LogP contribution < -0.4 is 10.2 Å². The summed E-state index contributed by atoms with van der Waals surface area (Å²) in [4.78, 5) is 27.1. The van der Waals surface area contributed by atoms with Gasteiger partial charge in [0.25, 0.3) is 0 Å². The number of benzene rings is 2. The van der Waals surface area contributed by atoms with Gasteiger partial charge in [-0.25, -0.2) is 8.42 Å². The highest BCUT2D eigenvalue weighted by Crippen LogP contribution is 2.36. The molecule has 1 saturated heterocycles. The summed E-state index contributed by atoms with van der Waals surface area (Å²) in [5.41, 5.74) is 2.55. The number of amides is 2. The quantitative estimate of drug-likeness (QED) is 0.756. The predicted molar refractivity (Wildman–Crippen MR) is 120 cm³/mol. The highest BCUT2D eigenvalue weighted by Gasteiger charge is 2.38. The molecule has 31 heavy (non-hydrogen) atoms. The average Bonchev–Trinajstić information content (AvgIpc) is 3.39. The predicted octanol–water partition coefficient (Wildman–Crippen LogP) is 3.35. The van der Waals surface area contributed by atoms with Crippen molar-refractivity contribution in [2.75, 3.05) is 23.3 Å². The van der Waals surface area contributed by atoms with E-state index in [1.165, 1.54) is 22.2 Å². The highest BCUT2D eigenvalue weighted by molar-refractivity contribution is 7.89. The van der Waals surface area contributed by atoms with E-state index in [4.69, 9.17) is 11.6 Å². The number of rotatable bonds is 4. The van der Waals surface area contributed by atoms with Gasteiger partial charge < -0.3 is 5.32 Å². The van der Waals surface area contributed by atoms with E-state index in [2.05, 4.69) is 5.32 Å². The Balaban J connectivity index is 1.63. The van der Waals surface area contributed by atoms with Crippen LogP contribution in [-0.4, -0.2) is 43.7 Å². The smallest absolute Gasteiger partial charge is 0.247 e. The number of hydrogen-bond donors (Lipinski definition) is 1. The van der Waals surface area contributed by atoms with Crippen LogP contribution in [0.4, 0.5) is 11.4 Å². The molecule has 1 N–H and O–H groups in total. The zero-order valence-electron chi connectivity index (χ0n) is 17.4. The molecule has 0 aliphatic carbocycles. The van der Waals surface area contributed by atoms with Crippen LogP contribution in [0.2, 0.25) is 5.02 Å². The summed E-state index contributed by atoms with van der Waals surface area (Å²) < 4.78 is 27.3. The van der Waals surface area contributed by atoms with Crippen LogP contribution in [0.1, 0.15) is 30.9 Å². The maximum absolute atomic E-state index is 13.1. The molecule has 0 unspecified atom stereocenters. The van der Waals surface area contributed by atoms with Gasteiger partial charge in [-0.1, -0.05) is 17.7 Å². The van der Waals surface area contributed by atoms with E-state index in [0.29, 0.717) is 35.1 Å². The number of nitrogens with zero attached hydrogens (tertiary/aromatic N) is 2. The normalized spacial score (nSPS) is 18.8. The number of anilines is 2. The van der Waals surface area contributed by atoms with Crippen molar-refractivity contribution < 1.29 is 18.0 Å². The van der Waals surface area contributed by atoms with Gasteiger partial charge >= 0.3 is 0 Å². The Morgan fingerprint density at radius 1 is 1.13 bits per heavy atom. The summed E-state index contributed by atoms with van der Waals surface area (Å²) in [7, 11) is -3.58. The van der Waals surface area contributed by atoms with Gasteiger partial charge in [-0.2, -0.15) is 4.31 Å². The molecule has 2 amide bonds. The molecule has 2 aromatic carbocycles. The summed E-state index contributed by atoms with van der Waals surface area (Å²) in [5, 5.41) is 3.39. The standard InChI is InChI=1S/C22H24ClN3O4S/c1-14-18(23)6-5-7-19(14)24-22(28)21-13-16-12-17(8-9-20(16)26(21)15(2)27)31(29,30)25-10-3-4-11-25/h5-9,12,21H,3-4,10-11,13H2,1-2H3,(H,24,28)/t21-/m0/s1. The van der Waals surface area contributed by atoms with Crippen molar-refractivity contribution in [3.63, 3.8) is 0 Å². The van der Waals surface area contributed by atoms with Gasteiger partial charge in [-0.05, 0) is 61.2 Å². The second kappa shape index (κ2) is 8.26. The molecule has 7 nitrogen and oxygen atoms in total. The lowest BCUT2D eigenvalue weighted by Crippen LogP contribution is -2.44. The second-order valence-electron chi connectivity index (χ2n) is 7.91. The Kier molecular flexibility index (Phi) is 5.81. The van der Waals surface area contributed by atoms with E-state index in [9.17, 15) is 18.0 Å². The number of carbonyl (C=O) groups is 2. The number of carbonyl (C=O) groups excluding carboxylic acids is 2. The first-order valence-corrected chi connectivity index (χ1v) is 12.0. The summed E-state index contributed by atoms with van der Waals surface area (Å²) in [6.45, 7) is 4.24. The molecular formula is C22H24ClN3O4S. The minimum atomic E-state index is -3.58. The van der Waals surface area contributed by atoms with E-state index in [1.807, 2.05) is 0 Å². The average molecular weight is 462 g/mol. The van der Waals surface area contributed by atoms with Crippen LogP contribution in [0.25, 0.3) is 0 Å². The maximum Gasteiger partial charge on any atom is 0.247 e. The van der Waals surface area contributed by atoms with E-state index in [1.54, 1.807) is 37.3 Å². The van der Waals surface area contributed by atoms with Crippen molar-refractivity contribution in [2.45, 2.75) is 44.0 Å². The molecule has 4 rings (SSSR count). The summed E-state index contributed by atoms with van der Waals surface area (Å²) in [6.07, 6.45) is 1.95. The molecule has 1 fully saturated rings. The van der Waals surface area contributed by atoms with Gasteiger partial charge in [-0.3, -0.25) is 14.5 Å². The summed E-state index contributed by atoms with van der Waals surface area (Å²) in [6, 6.07) is 9.20. The zero-order valence-corrected chi connectivity index (χ0v) is 19.0. The number of fused-ring (bicyclic) bond motifs is 1. The molecule has 0 spiro atoms. The van der Waals surface area contributed by atoms with Gasteiger partial charge in [0.2, 0.25) is 21.8 Å². The Hall–Kier alpha value is -2.42. The molecule has 0 radical (unpaired) electrons. The minimum Gasteiger partial charge on any atom is -0.324 e. The van der Waals surface area contributed by atoms with E-state index in [0.717, 1.165) is 18.4 Å². The second-order valence-corrected chi connectivity index (χ2v) is 10.3. The van der Waals surface area contributed by atoms with Crippen LogP contribution in [0.15, 0.2) is 41.3 Å². The Morgan fingerprint density at radius 2 is 1.84 bits per heavy atom. The molecule has 2 aliphatic heterocycles. The minimum absolute atomic E-state index is 0.198. The zero-order chi connectivity index (χ0) is 22.3. The third-order valence-electron chi connectivity index (χ3n) is 5.91. The van der Waals surface area contributed by atoms with E-state index < -0.39 is 16.1 Å². The SMILES string of the molecule is CC(=O)N1c2ccc(S(=O)(=O)N3CCCC3)cc2C[C@H]1C(=O)Nc1cccc(Cl)c1C. The third kappa shape index (κ3) is 3.95. The Morgan fingerprint density at radius 3 is 2.52 bits per heavy atom. The molecule has 2 aliphatic rings. The van der Waals surface area contributed by atoms with Crippen molar-refractivity contribution in [3.8, 4) is 0 Å². The van der Waals surface area contributed by atoms with Gasteiger partial charge in [-0.15, -0.1) is 0 Å². The van der Waals surface area contributed by atoms with E-state index >= 15 is 0 Å². The molecular weight excluding hydrogens is 438 g/mol. The lowest BCUT2D eigenvalue weighted by Gasteiger charge is -2.24. The van der Waals surface area contributed by atoms with Crippen LogP contribution in [0.5, 0.6) is 0 Å². The molecule has 0 saturated carbocycles. The Labute approximate surface area is 187 Å². The molecule has 164 valence electrons. The van der Waals surface area contributed by atoms with Crippen molar-refractivity contribution in [2.24, 2.45) is 0 Å². The van der Waals surface area contributed by atoms with Crippen LogP contribution in [-0.2, 0) is 26.0 Å². The highest BCUT2D eigenvalue weighted by atomic mass is 35.5. The number of hydrogen-bond acceptors (Lipinski definition) is 4. The number of halogens is 1. The van der Waals surface area contributed by atoms with Crippen molar-refractivity contribution >= 4 is 44.8 Å². The lowest BCUT2D eigenvalue weighted by atomic mass is 10.1. The molecule has 2 heterocycles. The first-order chi connectivity index (χ1) is 14.7. The van der Waals surface area contributed by atoms with E-state index in [-0.39, 0.29) is 23.1 Å². The van der Waals surface area contributed by atoms with Crippen molar-refractivity contribution in [3.05, 3.63) is 52.5 Å². The molecule has 9 heteroatoms. The molecule has 0 bridgehead atoms. The molecule has 1 atom stereocenters. The summed E-state index contributed by atoms with van der Waals surface area (Å²) in [5.74, 6) is -0.627. The largest absolute Gasteiger partial charge is 0.324 e. The number of nitrogens with one attached hydrogen (secondary N) is 1. The maximum atomic E-state index is 13.1. The van der Waals surface area contributed by atoms with Crippen LogP contribution >= 0.6 is 11.6 Å². The Bertz CT molecular complexity index is 1160. The number of sulfonamides is 1. The first kappa shape index (κ1) is 21.8. The van der Waals surface area contributed by atoms with Crippen molar-refractivity contribution in [1.82, 2.24) is 4.31 Å². The van der Waals surface area contributed by atoms with Gasteiger partial charge in [0.1, 0.15) is 6.04 Å². The van der Waals surface area contributed by atoms with Crippen LogP contribution in [0, 0.1) is 6.92 Å². The molecule has 2 aromatic rings. The fourth-order valence-electron chi connectivity index (χ4n) is 4.22. The lowest BCUT2D eigenvalue weighted by molar-refractivity contribution is -0.122.